The van der Waals surface area contributed by atoms with E-state index in [1.165, 1.54) is 4.57 Å². The van der Waals surface area contributed by atoms with Gasteiger partial charge >= 0.3 is 0 Å². The lowest BCUT2D eigenvalue weighted by Crippen LogP contribution is -2.00. The summed E-state index contributed by atoms with van der Waals surface area (Å²) in [7, 11) is 0. The highest BCUT2D eigenvalue weighted by Gasteiger charge is 2.28. The molecule has 3 heterocycles. The van der Waals surface area contributed by atoms with Crippen molar-refractivity contribution in [3.63, 3.8) is 0 Å². The van der Waals surface area contributed by atoms with Gasteiger partial charge in [0.15, 0.2) is 40.5 Å². The van der Waals surface area contributed by atoms with Crippen LogP contribution in [0.3, 0.4) is 0 Å². The van der Waals surface area contributed by atoms with E-state index in [9.17, 15) is 30.6 Å². The lowest BCUT2D eigenvalue weighted by molar-refractivity contribution is 0.400. The monoisotopic (exact) mass is 660 g/mol. The number of rotatable bonds is 4. The zero-order chi connectivity index (χ0) is 34.3. The topological polar surface area (TPSA) is 178 Å². The summed E-state index contributed by atoms with van der Waals surface area (Å²) in [5, 5.41) is 66.0. The number of phenolic OH excluding ortho intramolecular Hbond substituents is 6. The van der Waals surface area contributed by atoms with Crippen molar-refractivity contribution in [1.29, 1.82) is 0 Å². The molecule has 0 aliphatic carbocycles. The van der Waals surface area contributed by atoms with Gasteiger partial charge < -0.3 is 39.6 Å². The van der Waals surface area contributed by atoms with Crippen LogP contribution in [0, 0.1) is 0 Å². The predicted molar refractivity (Wildman–Crippen MR) is 188 cm³/mol. The molecule has 0 aliphatic heterocycles. The third-order valence-corrected chi connectivity index (χ3v) is 8.83. The number of furan rings is 1. The summed E-state index contributed by atoms with van der Waals surface area (Å²) in [6.45, 7) is 0. The molecule has 0 unspecified atom stereocenters. The maximum Gasteiger partial charge on any atom is 0.168 e. The number of aromatic hydroxyl groups is 6. The summed E-state index contributed by atoms with van der Waals surface area (Å²) >= 11 is 0. The number of hydrogen-bond donors (Lipinski definition) is 6. The van der Waals surface area contributed by atoms with Crippen LogP contribution in [-0.4, -0.2) is 50.2 Å². The molecular weight excluding hydrogens is 636 g/mol. The molecule has 0 atom stereocenters. The van der Waals surface area contributed by atoms with Gasteiger partial charge in [0.2, 0.25) is 0 Å². The molecule has 0 fully saturated rings. The van der Waals surface area contributed by atoms with Gasteiger partial charge in [0.05, 0.1) is 21.8 Å². The lowest BCUT2D eigenvalue weighted by atomic mass is 10.1. The van der Waals surface area contributed by atoms with E-state index in [0.717, 1.165) is 23.3 Å². The zero-order valence-electron chi connectivity index (χ0n) is 25.8. The van der Waals surface area contributed by atoms with E-state index in [4.69, 9.17) is 19.4 Å². The Bertz CT molecular complexity index is 2700. The van der Waals surface area contributed by atoms with Crippen LogP contribution >= 0.6 is 0 Å². The molecule has 3 aromatic heterocycles. The van der Waals surface area contributed by atoms with Crippen molar-refractivity contribution in [3.05, 3.63) is 109 Å². The van der Waals surface area contributed by atoms with Gasteiger partial charge in [-0.3, -0.25) is 0 Å². The van der Waals surface area contributed by atoms with Crippen LogP contribution in [0.5, 0.6) is 34.5 Å². The Labute approximate surface area is 281 Å². The fraction of sp³-hybridized carbons (Fsp3) is 0. The van der Waals surface area contributed by atoms with Crippen LogP contribution in [-0.2, 0) is 0 Å². The maximum absolute atomic E-state index is 11.2. The second kappa shape index (κ2) is 10.6. The van der Waals surface area contributed by atoms with Crippen molar-refractivity contribution in [3.8, 4) is 74.3 Å². The van der Waals surface area contributed by atoms with E-state index >= 15 is 0 Å². The fourth-order valence-electron chi connectivity index (χ4n) is 6.62. The summed E-state index contributed by atoms with van der Waals surface area (Å²) in [5.74, 6) is -2.14. The van der Waals surface area contributed by atoms with E-state index in [2.05, 4.69) is 0 Å². The molecule has 0 spiro atoms. The summed E-state index contributed by atoms with van der Waals surface area (Å²) in [4.78, 5) is 14.5. The van der Waals surface area contributed by atoms with E-state index in [1.807, 2.05) is 72.8 Å². The first-order valence-corrected chi connectivity index (χ1v) is 15.5. The van der Waals surface area contributed by atoms with Crippen LogP contribution in [0.4, 0.5) is 0 Å². The minimum Gasteiger partial charge on any atom is -0.506 e. The Morgan fingerprint density at radius 1 is 0.440 bits per heavy atom. The molecule has 9 aromatic rings. The van der Waals surface area contributed by atoms with E-state index in [0.29, 0.717) is 50.7 Å². The minimum absolute atomic E-state index is 0.0398. The van der Waals surface area contributed by atoms with Crippen LogP contribution in [0.25, 0.3) is 83.6 Å². The molecule has 6 aromatic carbocycles. The highest BCUT2D eigenvalue weighted by atomic mass is 16.3. The molecule has 11 nitrogen and oxygen atoms in total. The van der Waals surface area contributed by atoms with E-state index in [1.54, 1.807) is 24.3 Å². The minimum atomic E-state index is -0.661. The van der Waals surface area contributed by atoms with Crippen molar-refractivity contribution in [1.82, 2.24) is 19.5 Å². The Morgan fingerprint density at radius 3 is 1.50 bits per heavy atom. The Hall–Kier alpha value is -7.27. The molecule has 0 saturated heterocycles. The molecule has 50 heavy (non-hydrogen) atoms. The Kier molecular flexibility index (Phi) is 6.14. The molecule has 0 radical (unpaired) electrons. The molecule has 0 bridgehead atoms. The van der Waals surface area contributed by atoms with E-state index in [-0.39, 0.29) is 21.8 Å². The quantitative estimate of drug-likeness (QED) is 0.0798. The molecule has 0 amide bonds. The largest absolute Gasteiger partial charge is 0.506 e. The molecular formula is C39H24N4O7. The van der Waals surface area contributed by atoms with Gasteiger partial charge in [-0.2, -0.15) is 0 Å². The third kappa shape index (κ3) is 4.20. The summed E-state index contributed by atoms with van der Waals surface area (Å²) < 4.78 is 7.71. The summed E-state index contributed by atoms with van der Waals surface area (Å²) in [6.07, 6.45) is 0. The first kappa shape index (κ1) is 28.9. The van der Waals surface area contributed by atoms with Crippen LogP contribution < -0.4 is 0 Å². The van der Waals surface area contributed by atoms with E-state index < -0.39 is 34.5 Å². The normalized spacial score (nSPS) is 11.7. The number of fused-ring (bicyclic) bond motifs is 6. The number of benzene rings is 6. The molecule has 0 aliphatic rings. The Morgan fingerprint density at radius 2 is 0.960 bits per heavy atom. The third-order valence-electron chi connectivity index (χ3n) is 8.83. The smallest absolute Gasteiger partial charge is 0.168 e. The first-order valence-electron chi connectivity index (χ1n) is 15.5. The molecule has 6 N–H and O–H groups in total. The number of phenols is 6. The first-order chi connectivity index (χ1) is 24.3. The summed E-state index contributed by atoms with van der Waals surface area (Å²) in [5.41, 5.74) is 3.59. The van der Waals surface area contributed by atoms with Crippen molar-refractivity contribution in [2.45, 2.75) is 0 Å². The average molecular weight is 661 g/mol. The second-order valence-corrected chi connectivity index (χ2v) is 11.8. The highest BCUT2D eigenvalue weighted by molar-refractivity contribution is 6.21. The number of hydrogen-bond acceptors (Lipinski definition) is 10. The van der Waals surface area contributed by atoms with Crippen LogP contribution in [0.2, 0.25) is 0 Å². The molecule has 242 valence electrons. The summed E-state index contributed by atoms with van der Waals surface area (Å²) in [6, 6.07) is 31.9. The van der Waals surface area contributed by atoms with Crippen LogP contribution in [0.1, 0.15) is 0 Å². The maximum atomic E-state index is 11.2. The van der Waals surface area contributed by atoms with Gasteiger partial charge in [-0.25, -0.2) is 15.0 Å². The second-order valence-electron chi connectivity index (χ2n) is 11.8. The molecule has 0 saturated carbocycles. The van der Waals surface area contributed by atoms with Crippen molar-refractivity contribution < 1.29 is 35.1 Å². The van der Waals surface area contributed by atoms with Gasteiger partial charge in [0, 0.05) is 34.2 Å². The lowest BCUT2D eigenvalue weighted by Gasteiger charge is -2.12. The van der Waals surface area contributed by atoms with Crippen molar-refractivity contribution >= 4 is 43.7 Å². The van der Waals surface area contributed by atoms with Crippen molar-refractivity contribution in [2.24, 2.45) is 0 Å². The van der Waals surface area contributed by atoms with Gasteiger partial charge in [-0.1, -0.05) is 66.7 Å². The average Bonchev–Trinajstić information content (AvgIpc) is 3.71. The standard InChI is InChI=1S/C39H24N4O7/c44-24-17-26(46)35(48)31-32-34(25(45)18-27(47)36(32)49)43(33(24)31)23-12-7-13-29-30(23)22-16-21(14-15-28(22)50-29)39-41-37(19-8-3-1-4-9-19)40-38(42-39)20-10-5-2-6-11-20/h1-18,44-49H. The predicted octanol–water partition coefficient (Wildman–Crippen LogP) is 8.10. The van der Waals surface area contributed by atoms with Gasteiger partial charge in [-0.05, 0) is 30.3 Å². The molecule has 9 rings (SSSR count). The van der Waals surface area contributed by atoms with Crippen molar-refractivity contribution in [2.75, 3.05) is 0 Å². The van der Waals surface area contributed by atoms with Gasteiger partial charge in [0.1, 0.15) is 33.7 Å². The number of aromatic nitrogens is 4. The van der Waals surface area contributed by atoms with Crippen LogP contribution in [0.15, 0.2) is 114 Å². The highest BCUT2D eigenvalue weighted by Crippen LogP contribution is 2.53. The molecule has 11 heteroatoms. The fourth-order valence-corrected chi connectivity index (χ4v) is 6.62. The number of nitrogens with zero attached hydrogens (tertiary/aromatic N) is 4. The Balaban J connectivity index is 1.35. The SMILES string of the molecule is Oc1cc(O)c2c(c1O)c1c(O)c(O)cc(O)c1n2-c1cccc2oc3ccc(-c4nc(-c5ccccc5)nc(-c5ccccc5)n4)cc3c12. The zero-order valence-corrected chi connectivity index (χ0v) is 25.8. The van der Waals surface area contributed by atoms with Gasteiger partial charge in [0.25, 0.3) is 0 Å². The van der Waals surface area contributed by atoms with Gasteiger partial charge in [-0.15, -0.1) is 0 Å².